The molecule has 0 saturated carbocycles. The summed E-state index contributed by atoms with van der Waals surface area (Å²) in [6.07, 6.45) is -1.32. The second-order valence-corrected chi connectivity index (χ2v) is 4.29. The zero-order valence-electron chi connectivity index (χ0n) is 11.9. The van der Waals surface area contributed by atoms with Gasteiger partial charge in [0.05, 0.1) is 0 Å². The summed E-state index contributed by atoms with van der Waals surface area (Å²) in [4.78, 5) is 44.0. The Labute approximate surface area is 121 Å². The Bertz CT molecular complexity index is 467. The highest BCUT2D eigenvalue weighted by Gasteiger charge is 2.40. The molecule has 3 atom stereocenters. The van der Waals surface area contributed by atoms with Gasteiger partial charge >= 0.3 is 17.9 Å². The number of hydrogen-bond donors (Lipinski definition) is 0. The van der Waals surface area contributed by atoms with E-state index >= 15 is 0 Å². The maximum Gasteiger partial charge on any atom is 0.303 e. The average molecular weight is 300 g/mol. The van der Waals surface area contributed by atoms with Gasteiger partial charge in [-0.2, -0.15) is 0 Å². The van der Waals surface area contributed by atoms with Crippen LogP contribution in [0.15, 0.2) is 11.8 Å². The second-order valence-electron chi connectivity index (χ2n) is 4.29. The minimum absolute atomic E-state index is 0.0956. The Hall–Kier alpha value is -2.38. The van der Waals surface area contributed by atoms with Crippen molar-refractivity contribution >= 4 is 24.2 Å². The van der Waals surface area contributed by atoms with Crippen molar-refractivity contribution in [3.8, 4) is 0 Å². The summed E-state index contributed by atoms with van der Waals surface area (Å²) in [7, 11) is 0. The molecule has 0 aromatic rings. The molecule has 1 heterocycles. The van der Waals surface area contributed by atoms with Gasteiger partial charge in [0.15, 0.2) is 30.4 Å². The van der Waals surface area contributed by atoms with E-state index in [2.05, 4.69) is 0 Å². The predicted molar refractivity (Wildman–Crippen MR) is 66.8 cm³/mol. The number of carbonyl (C=O) groups is 4. The lowest BCUT2D eigenvalue weighted by atomic mass is 10.0. The van der Waals surface area contributed by atoms with Crippen molar-refractivity contribution in [2.75, 3.05) is 6.61 Å². The van der Waals surface area contributed by atoms with Gasteiger partial charge in [0.1, 0.15) is 6.61 Å². The van der Waals surface area contributed by atoms with Crippen LogP contribution in [0.25, 0.3) is 0 Å². The molecule has 0 aromatic carbocycles. The summed E-state index contributed by atoms with van der Waals surface area (Å²) in [5.74, 6) is -1.91. The van der Waals surface area contributed by atoms with E-state index in [4.69, 9.17) is 18.9 Å². The molecule has 8 heteroatoms. The van der Waals surface area contributed by atoms with Crippen molar-refractivity contribution in [2.45, 2.75) is 39.1 Å². The predicted octanol–water partition coefficient (Wildman–Crippen LogP) is -0.106. The average Bonchev–Trinajstić information content (AvgIpc) is 2.37. The van der Waals surface area contributed by atoms with Gasteiger partial charge < -0.3 is 18.9 Å². The Balaban J connectivity index is 2.98. The molecule has 0 spiro atoms. The van der Waals surface area contributed by atoms with Crippen molar-refractivity contribution in [1.82, 2.24) is 0 Å². The van der Waals surface area contributed by atoms with E-state index in [9.17, 15) is 19.2 Å². The molecule has 1 unspecified atom stereocenters. The maximum atomic E-state index is 11.2. The van der Waals surface area contributed by atoms with Gasteiger partial charge in [0, 0.05) is 26.8 Å². The van der Waals surface area contributed by atoms with Gasteiger partial charge in [-0.1, -0.05) is 0 Å². The van der Waals surface area contributed by atoms with Crippen LogP contribution in [0.1, 0.15) is 20.8 Å². The van der Waals surface area contributed by atoms with E-state index in [1.165, 1.54) is 26.8 Å². The summed E-state index contributed by atoms with van der Waals surface area (Å²) < 4.78 is 20.1. The highest BCUT2D eigenvalue weighted by Crippen LogP contribution is 2.23. The van der Waals surface area contributed by atoms with Gasteiger partial charge in [0.25, 0.3) is 0 Å². The van der Waals surface area contributed by atoms with Crippen molar-refractivity contribution in [3.05, 3.63) is 11.8 Å². The number of esters is 3. The third-order valence-corrected chi connectivity index (χ3v) is 2.48. The van der Waals surface area contributed by atoms with Gasteiger partial charge in [-0.15, -0.1) is 0 Å². The molecule has 116 valence electrons. The molecule has 1 aliphatic heterocycles. The lowest BCUT2D eigenvalue weighted by Crippen LogP contribution is -2.48. The summed E-state index contributed by atoms with van der Waals surface area (Å²) >= 11 is 0. The quantitative estimate of drug-likeness (QED) is 0.393. The lowest BCUT2D eigenvalue weighted by Gasteiger charge is -2.34. The first-order chi connectivity index (χ1) is 9.83. The SMILES string of the molecule is CC(=O)OCC1OC(C=O)=C[C@@H](OC(C)=O)[C@H]1OC(C)=O. The minimum Gasteiger partial charge on any atom is -0.480 e. The van der Waals surface area contributed by atoms with Gasteiger partial charge in [-0.05, 0) is 0 Å². The van der Waals surface area contributed by atoms with Crippen LogP contribution in [0.3, 0.4) is 0 Å². The van der Waals surface area contributed by atoms with Crippen LogP contribution < -0.4 is 0 Å². The highest BCUT2D eigenvalue weighted by molar-refractivity contribution is 5.72. The topological polar surface area (TPSA) is 105 Å². The van der Waals surface area contributed by atoms with Crippen LogP contribution in [0.5, 0.6) is 0 Å². The van der Waals surface area contributed by atoms with E-state index in [1.54, 1.807) is 0 Å². The molecule has 0 radical (unpaired) electrons. The second kappa shape index (κ2) is 7.41. The van der Waals surface area contributed by atoms with Crippen LogP contribution in [0.4, 0.5) is 0 Å². The van der Waals surface area contributed by atoms with Gasteiger partial charge in [0.2, 0.25) is 0 Å². The zero-order valence-corrected chi connectivity index (χ0v) is 11.9. The van der Waals surface area contributed by atoms with Gasteiger partial charge in [-0.3, -0.25) is 19.2 Å². The molecule has 21 heavy (non-hydrogen) atoms. The lowest BCUT2D eigenvalue weighted by molar-refractivity contribution is -0.181. The van der Waals surface area contributed by atoms with Crippen LogP contribution in [-0.2, 0) is 38.1 Å². The normalized spacial score (nSPS) is 24.1. The fraction of sp³-hybridized carbons (Fsp3) is 0.538. The van der Waals surface area contributed by atoms with Crippen molar-refractivity contribution in [1.29, 1.82) is 0 Å². The zero-order chi connectivity index (χ0) is 16.0. The van der Waals surface area contributed by atoms with E-state index in [-0.39, 0.29) is 12.4 Å². The number of carbonyl (C=O) groups excluding carboxylic acids is 4. The molecule has 1 rings (SSSR count). The molecular weight excluding hydrogens is 284 g/mol. The number of hydrogen-bond acceptors (Lipinski definition) is 8. The molecule has 0 bridgehead atoms. The first kappa shape index (κ1) is 16.7. The summed E-state index contributed by atoms with van der Waals surface area (Å²) in [5, 5.41) is 0. The first-order valence-corrected chi connectivity index (χ1v) is 6.15. The number of aldehydes is 1. The third-order valence-electron chi connectivity index (χ3n) is 2.48. The van der Waals surface area contributed by atoms with Crippen molar-refractivity contribution in [3.63, 3.8) is 0 Å². The molecule has 0 aromatic heterocycles. The summed E-state index contributed by atoms with van der Waals surface area (Å²) in [5.41, 5.74) is 0. The molecule has 8 nitrogen and oxygen atoms in total. The smallest absolute Gasteiger partial charge is 0.303 e. The monoisotopic (exact) mass is 300 g/mol. The first-order valence-electron chi connectivity index (χ1n) is 6.15. The fourth-order valence-electron chi connectivity index (χ4n) is 1.77. The summed E-state index contributed by atoms with van der Waals surface area (Å²) in [6.45, 7) is 3.29. The number of allylic oxidation sites excluding steroid dienone is 1. The fourth-order valence-corrected chi connectivity index (χ4v) is 1.77. The van der Waals surface area contributed by atoms with Gasteiger partial charge in [-0.25, -0.2) is 0 Å². The number of ether oxygens (including phenoxy) is 4. The van der Waals surface area contributed by atoms with Crippen LogP contribution in [0, 0.1) is 0 Å². The van der Waals surface area contributed by atoms with Crippen molar-refractivity contribution < 1.29 is 38.1 Å². The maximum absolute atomic E-state index is 11.2. The Morgan fingerprint density at radius 1 is 1.14 bits per heavy atom. The van der Waals surface area contributed by atoms with Crippen LogP contribution in [0.2, 0.25) is 0 Å². The standard InChI is InChI=1S/C13H16O8/c1-7(15)18-6-12-13(20-9(3)17)11(19-8(2)16)4-10(5-14)21-12/h4-5,11-13H,6H2,1-3H3/t11-,12?,13-/m1/s1. The molecular formula is C13H16O8. The third kappa shape index (κ3) is 5.25. The van der Waals surface area contributed by atoms with Crippen LogP contribution in [-0.4, -0.2) is 49.1 Å². The molecule has 1 aliphatic rings. The molecule has 0 fully saturated rings. The highest BCUT2D eigenvalue weighted by atomic mass is 16.6. The molecule has 0 saturated heterocycles. The molecule has 0 aliphatic carbocycles. The largest absolute Gasteiger partial charge is 0.480 e. The van der Waals surface area contributed by atoms with Crippen molar-refractivity contribution in [2.24, 2.45) is 0 Å². The Morgan fingerprint density at radius 2 is 1.76 bits per heavy atom. The Kier molecular flexibility index (Phi) is 5.89. The van der Waals surface area contributed by atoms with E-state index in [1.807, 2.05) is 0 Å². The minimum atomic E-state index is -1.02. The summed E-state index contributed by atoms with van der Waals surface area (Å²) in [6, 6.07) is 0. The molecule has 0 amide bonds. The van der Waals surface area contributed by atoms with E-state index < -0.39 is 36.2 Å². The van der Waals surface area contributed by atoms with E-state index in [0.29, 0.717) is 6.29 Å². The van der Waals surface area contributed by atoms with Crippen LogP contribution >= 0.6 is 0 Å². The number of rotatable bonds is 5. The van der Waals surface area contributed by atoms with E-state index in [0.717, 1.165) is 0 Å². The molecule has 0 N–H and O–H groups in total. The Morgan fingerprint density at radius 3 is 2.24 bits per heavy atom.